The van der Waals surface area contributed by atoms with Crippen molar-refractivity contribution in [2.45, 2.75) is 19.4 Å². The van der Waals surface area contributed by atoms with Gasteiger partial charge in [-0.15, -0.1) is 0 Å². The molecule has 0 radical (unpaired) electrons. The van der Waals surface area contributed by atoms with E-state index in [1.807, 2.05) is 27.0 Å². The fraction of sp³-hybridized carbons (Fsp3) is 0.400. The van der Waals surface area contributed by atoms with Crippen LogP contribution in [0, 0.1) is 0 Å². The second-order valence-corrected chi connectivity index (χ2v) is 3.82. The highest BCUT2D eigenvalue weighted by Crippen LogP contribution is 2.35. The van der Waals surface area contributed by atoms with Crippen LogP contribution in [0.2, 0.25) is 0 Å². The normalized spacial score (nSPS) is 19.0. The Hall–Kier alpha value is -1.38. The molecule has 2 rings (SSSR count). The van der Waals surface area contributed by atoms with Gasteiger partial charge in [-0.3, -0.25) is 9.78 Å². The number of hydrogen-bond donors (Lipinski definition) is 0. The quantitative estimate of drug-likeness (QED) is 0.598. The van der Waals surface area contributed by atoms with Crippen LogP contribution in [0.1, 0.15) is 29.9 Å². The average Bonchev–Trinajstić information content (AvgIpc) is 2.30. The van der Waals surface area contributed by atoms with Gasteiger partial charge in [0.15, 0.2) is 0 Å². The minimum absolute atomic E-state index is 0.0631. The minimum Gasteiger partial charge on any atom is -0.331 e. The van der Waals surface area contributed by atoms with Crippen molar-refractivity contribution in [1.29, 1.82) is 0 Å². The molecule has 1 aliphatic heterocycles. The number of hydrogen-bond acceptors (Lipinski definition) is 2. The van der Waals surface area contributed by atoms with Crippen molar-refractivity contribution in [3.05, 3.63) is 29.6 Å². The molecule has 3 nitrogen and oxygen atoms in total. The van der Waals surface area contributed by atoms with Gasteiger partial charge in [0.1, 0.15) is 0 Å². The van der Waals surface area contributed by atoms with Crippen LogP contribution >= 0.6 is 0 Å². The number of pyridine rings is 1. The molecule has 0 bridgehead atoms. The van der Waals surface area contributed by atoms with Gasteiger partial charge in [-0.05, 0) is 26.0 Å². The Morgan fingerprint density at radius 1 is 1.46 bits per heavy atom. The monoisotopic (exact) mass is 176 g/mol. The van der Waals surface area contributed by atoms with Gasteiger partial charge in [-0.25, -0.2) is 0 Å². The SMILES string of the molecule is CN1C(=O)c2cccnc2C1(C)C. The van der Waals surface area contributed by atoms with E-state index in [1.54, 1.807) is 17.2 Å². The molecule has 2 heterocycles. The van der Waals surface area contributed by atoms with E-state index in [2.05, 4.69) is 4.98 Å². The van der Waals surface area contributed by atoms with Crippen LogP contribution in [-0.2, 0) is 5.54 Å². The second-order valence-electron chi connectivity index (χ2n) is 3.82. The van der Waals surface area contributed by atoms with E-state index in [9.17, 15) is 4.79 Å². The largest absolute Gasteiger partial charge is 0.331 e. The van der Waals surface area contributed by atoms with Crippen molar-refractivity contribution in [3.8, 4) is 0 Å². The van der Waals surface area contributed by atoms with Crippen LogP contribution in [0.25, 0.3) is 0 Å². The third-order valence-electron chi connectivity index (χ3n) is 2.76. The number of nitrogens with zero attached hydrogens (tertiary/aromatic N) is 2. The lowest BCUT2D eigenvalue weighted by molar-refractivity contribution is 0.0688. The van der Waals surface area contributed by atoms with Crippen molar-refractivity contribution < 1.29 is 4.79 Å². The predicted molar refractivity (Wildman–Crippen MR) is 49.4 cm³/mol. The minimum atomic E-state index is -0.270. The zero-order valence-corrected chi connectivity index (χ0v) is 8.03. The maximum atomic E-state index is 11.7. The smallest absolute Gasteiger partial charge is 0.256 e. The zero-order chi connectivity index (χ0) is 9.64. The standard InChI is InChI=1S/C10H12N2O/c1-10(2)8-7(5-4-6-11-8)9(13)12(10)3/h4-6H,1-3H3. The highest BCUT2D eigenvalue weighted by molar-refractivity contribution is 5.99. The molecule has 1 aromatic heterocycles. The van der Waals surface area contributed by atoms with Gasteiger partial charge in [-0.2, -0.15) is 0 Å². The van der Waals surface area contributed by atoms with Crippen molar-refractivity contribution >= 4 is 5.91 Å². The number of rotatable bonds is 0. The number of carbonyl (C=O) groups is 1. The van der Waals surface area contributed by atoms with E-state index in [-0.39, 0.29) is 11.4 Å². The molecule has 0 spiro atoms. The predicted octanol–water partition coefficient (Wildman–Crippen LogP) is 1.40. The van der Waals surface area contributed by atoms with E-state index < -0.39 is 0 Å². The summed E-state index contributed by atoms with van der Waals surface area (Å²) in [7, 11) is 1.81. The molecule has 0 unspecified atom stereocenters. The summed E-state index contributed by atoms with van der Waals surface area (Å²) in [5.41, 5.74) is 1.34. The molecule has 0 saturated heterocycles. The van der Waals surface area contributed by atoms with Crippen LogP contribution in [0.15, 0.2) is 18.3 Å². The summed E-state index contributed by atoms with van der Waals surface area (Å²) in [6.07, 6.45) is 1.73. The lowest BCUT2D eigenvalue weighted by Gasteiger charge is -2.27. The fourth-order valence-corrected chi connectivity index (χ4v) is 1.66. The maximum absolute atomic E-state index is 11.7. The topological polar surface area (TPSA) is 33.2 Å². The Balaban J connectivity index is 2.68. The van der Waals surface area contributed by atoms with Crippen molar-refractivity contribution in [2.75, 3.05) is 7.05 Å². The van der Waals surface area contributed by atoms with Gasteiger partial charge in [0.05, 0.1) is 16.8 Å². The Morgan fingerprint density at radius 3 is 2.77 bits per heavy atom. The number of amides is 1. The molecule has 0 N–H and O–H groups in total. The van der Waals surface area contributed by atoms with E-state index in [4.69, 9.17) is 0 Å². The third-order valence-corrected chi connectivity index (χ3v) is 2.76. The maximum Gasteiger partial charge on any atom is 0.256 e. The Bertz CT molecular complexity index is 371. The van der Waals surface area contributed by atoms with Gasteiger partial charge < -0.3 is 4.90 Å². The van der Waals surface area contributed by atoms with Crippen LogP contribution < -0.4 is 0 Å². The molecule has 3 heteroatoms. The van der Waals surface area contributed by atoms with Crippen molar-refractivity contribution in [3.63, 3.8) is 0 Å². The van der Waals surface area contributed by atoms with Gasteiger partial charge in [0, 0.05) is 13.2 Å². The lowest BCUT2D eigenvalue weighted by Crippen LogP contribution is -2.35. The Morgan fingerprint density at radius 2 is 2.15 bits per heavy atom. The third kappa shape index (κ3) is 0.899. The molecule has 1 aliphatic rings. The number of fused-ring (bicyclic) bond motifs is 1. The Kier molecular flexibility index (Phi) is 1.46. The first-order chi connectivity index (χ1) is 6.05. The van der Waals surface area contributed by atoms with Crippen LogP contribution in [0.4, 0.5) is 0 Å². The molecule has 1 amide bonds. The molecule has 0 aromatic carbocycles. The summed E-state index contributed by atoms with van der Waals surface area (Å²) < 4.78 is 0. The first-order valence-electron chi connectivity index (χ1n) is 4.29. The van der Waals surface area contributed by atoms with Crippen molar-refractivity contribution in [2.24, 2.45) is 0 Å². The summed E-state index contributed by atoms with van der Waals surface area (Å²) in [5, 5.41) is 0. The highest BCUT2D eigenvalue weighted by Gasteiger charge is 2.41. The number of carbonyl (C=O) groups excluding carboxylic acids is 1. The highest BCUT2D eigenvalue weighted by atomic mass is 16.2. The lowest BCUT2D eigenvalue weighted by atomic mass is 10.0. The zero-order valence-electron chi connectivity index (χ0n) is 8.03. The molecular formula is C10H12N2O. The molecule has 0 saturated carbocycles. The van der Waals surface area contributed by atoms with Gasteiger partial charge >= 0.3 is 0 Å². The summed E-state index contributed by atoms with van der Waals surface area (Å²) in [6.45, 7) is 4.01. The molecule has 1 aromatic rings. The van der Waals surface area contributed by atoms with Crippen molar-refractivity contribution in [1.82, 2.24) is 9.88 Å². The summed E-state index contributed by atoms with van der Waals surface area (Å²) in [6, 6.07) is 3.63. The summed E-state index contributed by atoms with van der Waals surface area (Å²) in [5.74, 6) is 0.0631. The molecule has 0 atom stereocenters. The molecule has 68 valence electrons. The summed E-state index contributed by atoms with van der Waals surface area (Å²) in [4.78, 5) is 17.7. The van der Waals surface area contributed by atoms with E-state index in [0.717, 1.165) is 11.3 Å². The molecule has 0 aliphatic carbocycles. The molecular weight excluding hydrogens is 164 g/mol. The van der Waals surface area contributed by atoms with Crippen LogP contribution in [-0.4, -0.2) is 22.8 Å². The van der Waals surface area contributed by atoms with E-state index in [1.165, 1.54) is 0 Å². The van der Waals surface area contributed by atoms with E-state index >= 15 is 0 Å². The van der Waals surface area contributed by atoms with Gasteiger partial charge in [0.25, 0.3) is 5.91 Å². The Labute approximate surface area is 77.4 Å². The first-order valence-corrected chi connectivity index (χ1v) is 4.29. The van der Waals surface area contributed by atoms with Gasteiger partial charge in [-0.1, -0.05) is 0 Å². The summed E-state index contributed by atoms with van der Waals surface area (Å²) >= 11 is 0. The van der Waals surface area contributed by atoms with E-state index in [0.29, 0.717) is 0 Å². The molecule has 13 heavy (non-hydrogen) atoms. The van der Waals surface area contributed by atoms with Crippen LogP contribution in [0.3, 0.4) is 0 Å². The van der Waals surface area contributed by atoms with Crippen LogP contribution in [0.5, 0.6) is 0 Å². The fourth-order valence-electron chi connectivity index (χ4n) is 1.66. The van der Waals surface area contributed by atoms with Gasteiger partial charge in [0.2, 0.25) is 0 Å². The second kappa shape index (κ2) is 2.31. The first kappa shape index (κ1) is 8.23. The number of aromatic nitrogens is 1. The average molecular weight is 176 g/mol. The molecule has 0 fully saturated rings.